The van der Waals surface area contributed by atoms with E-state index in [9.17, 15) is 5.11 Å². The van der Waals surface area contributed by atoms with Crippen LogP contribution in [-0.2, 0) is 12.8 Å². The Hall–Kier alpha value is -0.860. The molecule has 106 valence electrons. The van der Waals surface area contributed by atoms with Gasteiger partial charge in [-0.15, -0.1) is 0 Å². The lowest BCUT2D eigenvalue weighted by Gasteiger charge is -2.28. The second-order valence-corrected chi connectivity index (χ2v) is 6.05. The summed E-state index contributed by atoms with van der Waals surface area (Å²) in [5.41, 5.74) is 3.98. The van der Waals surface area contributed by atoms with Crippen LogP contribution in [0.3, 0.4) is 0 Å². The van der Waals surface area contributed by atoms with Gasteiger partial charge in [-0.25, -0.2) is 0 Å². The van der Waals surface area contributed by atoms with E-state index in [0.29, 0.717) is 5.92 Å². The van der Waals surface area contributed by atoms with Crippen molar-refractivity contribution in [3.05, 3.63) is 34.9 Å². The number of hydrogen-bond acceptors (Lipinski definition) is 2. The first-order chi connectivity index (χ1) is 9.13. The zero-order chi connectivity index (χ0) is 13.8. The molecule has 0 bridgehead atoms. The lowest BCUT2D eigenvalue weighted by atomic mass is 9.91. The van der Waals surface area contributed by atoms with Crippen LogP contribution in [0.15, 0.2) is 18.2 Å². The lowest BCUT2D eigenvalue weighted by molar-refractivity contribution is 0.105. The maximum absolute atomic E-state index is 10.6. The second kappa shape index (κ2) is 6.53. The highest BCUT2D eigenvalue weighted by molar-refractivity contribution is 5.36. The fourth-order valence-corrected chi connectivity index (χ4v) is 3.01. The Morgan fingerprint density at radius 2 is 1.95 bits per heavy atom. The summed E-state index contributed by atoms with van der Waals surface area (Å²) in [7, 11) is 0. The van der Waals surface area contributed by atoms with E-state index < -0.39 is 6.10 Å². The van der Waals surface area contributed by atoms with Crippen LogP contribution in [0.5, 0.6) is 0 Å². The first-order valence-electron chi connectivity index (χ1n) is 7.66. The molecular weight excluding hydrogens is 234 g/mol. The van der Waals surface area contributed by atoms with Gasteiger partial charge in [0.25, 0.3) is 0 Å². The van der Waals surface area contributed by atoms with Crippen molar-refractivity contribution in [2.24, 2.45) is 5.92 Å². The topological polar surface area (TPSA) is 32.3 Å². The Bertz CT molecular complexity index is 414. The first kappa shape index (κ1) is 14.5. The van der Waals surface area contributed by atoms with E-state index in [2.05, 4.69) is 44.3 Å². The summed E-state index contributed by atoms with van der Waals surface area (Å²) in [6.45, 7) is 7.46. The molecule has 1 aliphatic rings. The molecule has 1 aromatic carbocycles. The number of hydrogen-bond donors (Lipinski definition) is 2. The number of fused-ring (bicyclic) bond motifs is 1. The molecule has 2 atom stereocenters. The van der Waals surface area contributed by atoms with E-state index in [-0.39, 0.29) is 6.04 Å². The highest BCUT2D eigenvalue weighted by Crippen LogP contribution is 2.28. The van der Waals surface area contributed by atoms with E-state index in [0.717, 1.165) is 18.5 Å². The molecule has 0 saturated carbocycles. The van der Waals surface area contributed by atoms with Crippen LogP contribution in [-0.4, -0.2) is 17.7 Å². The second-order valence-electron chi connectivity index (χ2n) is 6.05. The van der Waals surface area contributed by atoms with Gasteiger partial charge >= 0.3 is 0 Å². The molecule has 0 heterocycles. The highest BCUT2D eigenvalue weighted by atomic mass is 16.3. The van der Waals surface area contributed by atoms with Crippen molar-refractivity contribution >= 4 is 0 Å². The maximum atomic E-state index is 10.6. The van der Waals surface area contributed by atoms with Crippen molar-refractivity contribution in [1.82, 2.24) is 5.32 Å². The van der Waals surface area contributed by atoms with Crippen LogP contribution in [0, 0.1) is 5.92 Å². The fraction of sp³-hybridized carbons (Fsp3) is 0.647. The van der Waals surface area contributed by atoms with Crippen molar-refractivity contribution in [2.45, 2.75) is 58.6 Å². The average molecular weight is 261 g/mol. The Morgan fingerprint density at radius 1 is 1.21 bits per heavy atom. The molecule has 0 fully saturated rings. The smallest absolute Gasteiger partial charge is 0.0945 e. The largest absolute Gasteiger partial charge is 0.387 e. The van der Waals surface area contributed by atoms with Gasteiger partial charge in [-0.05, 0) is 54.8 Å². The molecule has 2 nitrogen and oxygen atoms in total. The molecule has 2 rings (SSSR count). The molecule has 0 radical (unpaired) electrons. The van der Waals surface area contributed by atoms with Crippen molar-refractivity contribution in [3.63, 3.8) is 0 Å². The minimum Gasteiger partial charge on any atom is -0.387 e. The normalized spacial score (nSPS) is 17.5. The Kier molecular flexibility index (Phi) is 5.00. The first-order valence-corrected chi connectivity index (χ1v) is 7.66. The van der Waals surface area contributed by atoms with Crippen molar-refractivity contribution in [2.75, 3.05) is 6.54 Å². The van der Waals surface area contributed by atoms with E-state index in [4.69, 9.17) is 0 Å². The van der Waals surface area contributed by atoms with Crippen molar-refractivity contribution in [3.8, 4) is 0 Å². The molecule has 0 aliphatic heterocycles. The van der Waals surface area contributed by atoms with Crippen LogP contribution < -0.4 is 5.32 Å². The number of benzene rings is 1. The summed E-state index contributed by atoms with van der Waals surface area (Å²) in [5.74, 6) is 0.426. The van der Waals surface area contributed by atoms with Gasteiger partial charge in [0.15, 0.2) is 0 Å². The van der Waals surface area contributed by atoms with Crippen LogP contribution >= 0.6 is 0 Å². The zero-order valence-electron chi connectivity index (χ0n) is 12.4. The lowest BCUT2D eigenvalue weighted by Crippen LogP contribution is -2.39. The molecule has 0 amide bonds. The van der Waals surface area contributed by atoms with E-state index in [1.165, 1.54) is 30.4 Å². The number of rotatable bonds is 6. The molecule has 1 aromatic rings. The summed E-state index contributed by atoms with van der Waals surface area (Å²) >= 11 is 0. The van der Waals surface area contributed by atoms with Gasteiger partial charge in [-0.3, -0.25) is 0 Å². The molecule has 1 aliphatic carbocycles. The van der Waals surface area contributed by atoms with Crippen LogP contribution in [0.1, 0.15) is 56.4 Å². The number of aryl methyl sites for hydroxylation is 2. The standard InChI is InChI=1S/C17H27NO/c1-4-10-18-16(12(2)3)17(19)15-9-8-13-6-5-7-14(13)11-15/h8-9,11-12,16-19H,4-7,10H2,1-3H3. The summed E-state index contributed by atoms with van der Waals surface area (Å²) in [6.07, 6.45) is 4.33. The Labute approximate surface area is 117 Å². The van der Waals surface area contributed by atoms with Crippen LogP contribution in [0.25, 0.3) is 0 Å². The van der Waals surface area contributed by atoms with Gasteiger partial charge in [-0.1, -0.05) is 39.0 Å². The average Bonchev–Trinajstić information content (AvgIpc) is 2.85. The predicted molar refractivity (Wildman–Crippen MR) is 80.3 cm³/mol. The van der Waals surface area contributed by atoms with Gasteiger partial charge in [0.1, 0.15) is 0 Å². The third-order valence-corrected chi connectivity index (χ3v) is 4.15. The van der Waals surface area contributed by atoms with Crippen LogP contribution in [0.2, 0.25) is 0 Å². The van der Waals surface area contributed by atoms with E-state index in [1.807, 2.05) is 0 Å². The molecule has 19 heavy (non-hydrogen) atoms. The quantitative estimate of drug-likeness (QED) is 0.824. The Morgan fingerprint density at radius 3 is 2.63 bits per heavy atom. The molecule has 0 aromatic heterocycles. The van der Waals surface area contributed by atoms with E-state index >= 15 is 0 Å². The predicted octanol–water partition coefficient (Wildman–Crippen LogP) is 3.23. The van der Waals surface area contributed by atoms with Gasteiger partial charge in [0, 0.05) is 6.04 Å². The molecule has 2 unspecified atom stereocenters. The van der Waals surface area contributed by atoms with E-state index in [1.54, 1.807) is 0 Å². The van der Waals surface area contributed by atoms with Gasteiger partial charge < -0.3 is 10.4 Å². The SMILES string of the molecule is CCCNC(C(C)C)C(O)c1ccc2c(c1)CCC2. The van der Waals surface area contributed by atoms with Gasteiger partial charge in [0.2, 0.25) is 0 Å². The number of aliphatic hydroxyl groups is 1. The van der Waals surface area contributed by atoms with Crippen molar-refractivity contribution in [1.29, 1.82) is 0 Å². The third-order valence-electron chi connectivity index (χ3n) is 4.15. The highest BCUT2D eigenvalue weighted by Gasteiger charge is 2.24. The third kappa shape index (κ3) is 3.37. The summed E-state index contributed by atoms with van der Waals surface area (Å²) in [4.78, 5) is 0. The fourth-order valence-electron chi connectivity index (χ4n) is 3.01. The zero-order valence-corrected chi connectivity index (χ0v) is 12.4. The number of nitrogens with one attached hydrogen (secondary N) is 1. The summed E-state index contributed by atoms with van der Waals surface area (Å²) in [6, 6.07) is 6.67. The summed E-state index contributed by atoms with van der Waals surface area (Å²) < 4.78 is 0. The molecule has 2 heteroatoms. The van der Waals surface area contributed by atoms with Crippen LogP contribution in [0.4, 0.5) is 0 Å². The minimum absolute atomic E-state index is 0.138. The van der Waals surface area contributed by atoms with Crippen molar-refractivity contribution < 1.29 is 5.11 Å². The van der Waals surface area contributed by atoms with Gasteiger partial charge in [0.05, 0.1) is 6.10 Å². The Balaban J connectivity index is 2.14. The maximum Gasteiger partial charge on any atom is 0.0945 e. The monoisotopic (exact) mass is 261 g/mol. The number of aliphatic hydroxyl groups excluding tert-OH is 1. The molecule has 2 N–H and O–H groups in total. The molecule has 0 saturated heterocycles. The molecule has 0 spiro atoms. The summed E-state index contributed by atoms with van der Waals surface area (Å²) in [5, 5.41) is 14.1. The molecular formula is C17H27NO. The van der Waals surface area contributed by atoms with Gasteiger partial charge in [-0.2, -0.15) is 0 Å². The minimum atomic E-state index is -0.405.